The molecule has 8 rings (SSSR count). The Kier molecular flexibility index (Phi) is 12.1. The molecule has 0 aliphatic carbocycles. The molecule has 0 spiro atoms. The Bertz CT molecular complexity index is 2520. The zero-order chi connectivity index (χ0) is 39.0. The van der Waals surface area contributed by atoms with Crippen LogP contribution in [0.15, 0.2) is 161 Å². The SMILES string of the molecule is CN1CCc2c(c3ccccc3n2Cc2ccccc2)C1.O=C(Nc1ccccc1)Nc1ccccc1.O=S(=O)(O)c1cccc2c(S(=O)(=O)O)cccc12. The lowest BCUT2D eigenvalue weighted by atomic mass is 10.1. The molecule has 0 fully saturated rings. The van der Waals surface area contributed by atoms with E-state index in [1.54, 1.807) is 0 Å². The van der Waals surface area contributed by atoms with Crippen LogP contribution in [0.25, 0.3) is 21.7 Å². The van der Waals surface area contributed by atoms with Gasteiger partial charge < -0.3 is 20.1 Å². The zero-order valence-corrected chi connectivity index (χ0v) is 31.5. The van der Waals surface area contributed by atoms with Gasteiger partial charge in [-0.05, 0) is 60.6 Å². The number of hydrogen-bond donors (Lipinski definition) is 4. The first-order chi connectivity index (χ1) is 26.4. The molecule has 0 bridgehead atoms. The molecule has 0 radical (unpaired) electrons. The molecule has 0 saturated carbocycles. The van der Waals surface area contributed by atoms with Crippen molar-refractivity contribution in [1.29, 1.82) is 0 Å². The first-order valence-electron chi connectivity index (χ1n) is 17.3. The minimum atomic E-state index is -4.47. The van der Waals surface area contributed by atoms with E-state index < -0.39 is 30.0 Å². The first-order valence-corrected chi connectivity index (χ1v) is 20.2. The molecule has 1 aliphatic heterocycles. The van der Waals surface area contributed by atoms with Crippen LogP contribution in [0.1, 0.15) is 16.8 Å². The number of amides is 2. The molecule has 6 aromatic carbocycles. The van der Waals surface area contributed by atoms with Crippen molar-refractivity contribution in [2.45, 2.75) is 29.3 Å². The fraction of sp³-hybridized carbons (Fsp3) is 0.119. The average Bonchev–Trinajstić information content (AvgIpc) is 3.47. The number of nitrogens with zero attached hydrogens (tertiary/aromatic N) is 2. The van der Waals surface area contributed by atoms with Crippen molar-refractivity contribution in [3.63, 3.8) is 0 Å². The Labute approximate surface area is 320 Å². The van der Waals surface area contributed by atoms with E-state index in [4.69, 9.17) is 9.11 Å². The van der Waals surface area contributed by atoms with Crippen molar-refractivity contribution >= 4 is 59.3 Å². The van der Waals surface area contributed by atoms with Gasteiger partial charge in [-0.3, -0.25) is 9.11 Å². The number of aromatic nitrogens is 1. The summed E-state index contributed by atoms with van der Waals surface area (Å²) in [6.45, 7) is 3.19. The smallest absolute Gasteiger partial charge is 0.323 e. The summed E-state index contributed by atoms with van der Waals surface area (Å²) >= 11 is 0. The van der Waals surface area contributed by atoms with Crippen LogP contribution in [-0.2, 0) is 39.7 Å². The minimum Gasteiger partial charge on any atom is -0.340 e. The molecular formula is C42H40N4O7S2. The molecule has 0 atom stereocenters. The van der Waals surface area contributed by atoms with Crippen molar-refractivity contribution in [2.24, 2.45) is 0 Å². The van der Waals surface area contributed by atoms with Gasteiger partial charge >= 0.3 is 6.03 Å². The van der Waals surface area contributed by atoms with Gasteiger partial charge in [0.25, 0.3) is 20.2 Å². The monoisotopic (exact) mass is 776 g/mol. The van der Waals surface area contributed by atoms with Gasteiger partial charge in [0, 0.05) is 64.8 Å². The maximum absolute atomic E-state index is 11.6. The number of likely N-dealkylation sites (N-methyl/N-ethyl adjacent to an activating group) is 1. The number of para-hydroxylation sites is 3. The van der Waals surface area contributed by atoms with Crippen LogP contribution in [0, 0.1) is 0 Å². The Morgan fingerprint density at radius 1 is 0.600 bits per heavy atom. The molecule has 13 heteroatoms. The molecule has 11 nitrogen and oxygen atoms in total. The summed E-state index contributed by atoms with van der Waals surface area (Å²) in [6, 6.07) is 45.6. The van der Waals surface area contributed by atoms with Gasteiger partial charge in [0.2, 0.25) is 0 Å². The van der Waals surface area contributed by atoms with Crippen LogP contribution in [0.3, 0.4) is 0 Å². The highest BCUT2D eigenvalue weighted by atomic mass is 32.2. The van der Waals surface area contributed by atoms with E-state index in [0.717, 1.165) is 49.6 Å². The third-order valence-corrected chi connectivity index (χ3v) is 10.8. The third kappa shape index (κ3) is 9.84. The summed E-state index contributed by atoms with van der Waals surface area (Å²) < 4.78 is 65.2. The highest BCUT2D eigenvalue weighted by Crippen LogP contribution is 2.31. The minimum absolute atomic E-state index is 0.0233. The standard InChI is InChI=1S/C19H20N2.C13H12N2O.C10H8O6S2/c1-20-12-11-19-17(14-20)16-9-5-6-10-18(16)21(19)13-15-7-3-2-4-8-15;16-13(14-11-7-3-1-4-8-11)15-12-9-5-2-6-10-12;11-17(12,13)9-5-1-3-7-8(9)4-2-6-10(7)18(14,15)16/h2-10H,11-14H2,1H3;1-10H,(H2,14,15,16);1-6H,(H,11,12,13)(H,14,15,16). The Balaban J connectivity index is 0.000000142. The summed E-state index contributed by atoms with van der Waals surface area (Å²) in [4.78, 5) is 13.2. The van der Waals surface area contributed by atoms with Crippen molar-refractivity contribution in [3.8, 4) is 0 Å². The summed E-state index contributed by atoms with van der Waals surface area (Å²) in [5, 5.41) is 6.95. The van der Waals surface area contributed by atoms with Gasteiger partial charge in [-0.25, -0.2) is 4.79 Å². The Hall–Kier alpha value is -5.83. The largest absolute Gasteiger partial charge is 0.340 e. The van der Waals surface area contributed by atoms with Crippen molar-refractivity contribution in [3.05, 3.63) is 168 Å². The number of rotatable bonds is 6. The highest BCUT2D eigenvalue weighted by Gasteiger charge is 2.22. The number of anilines is 2. The van der Waals surface area contributed by atoms with E-state index in [9.17, 15) is 21.6 Å². The average molecular weight is 777 g/mol. The maximum Gasteiger partial charge on any atom is 0.323 e. The van der Waals surface area contributed by atoms with E-state index in [1.807, 2.05) is 60.7 Å². The summed E-state index contributed by atoms with van der Waals surface area (Å²) in [5.41, 5.74) is 7.35. The molecule has 282 valence electrons. The Morgan fingerprint density at radius 2 is 1.05 bits per heavy atom. The number of carbonyl (C=O) groups excluding carboxylic acids is 1. The Morgan fingerprint density at radius 3 is 1.56 bits per heavy atom. The third-order valence-electron chi connectivity index (χ3n) is 9.00. The van der Waals surface area contributed by atoms with Crippen LogP contribution < -0.4 is 10.6 Å². The van der Waals surface area contributed by atoms with Crippen LogP contribution >= 0.6 is 0 Å². The van der Waals surface area contributed by atoms with Gasteiger partial charge in [0.05, 0.1) is 0 Å². The molecule has 1 aromatic heterocycles. The van der Waals surface area contributed by atoms with Crippen molar-refractivity contribution < 1.29 is 30.7 Å². The second-order valence-electron chi connectivity index (χ2n) is 12.9. The van der Waals surface area contributed by atoms with E-state index in [0.29, 0.717) is 0 Å². The lowest BCUT2D eigenvalue weighted by molar-refractivity contribution is 0.262. The summed E-state index contributed by atoms with van der Waals surface area (Å²) in [6.07, 6.45) is 1.15. The van der Waals surface area contributed by atoms with Gasteiger partial charge in [0.15, 0.2) is 0 Å². The quantitative estimate of drug-likeness (QED) is 0.123. The summed E-state index contributed by atoms with van der Waals surface area (Å²) in [7, 11) is -6.72. The predicted octanol–water partition coefficient (Wildman–Crippen LogP) is 8.34. The van der Waals surface area contributed by atoms with Gasteiger partial charge in [0.1, 0.15) is 9.79 Å². The van der Waals surface area contributed by atoms with Gasteiger partial charge in [-0.15, -0.1) is 0 Å². The first kappa shape index (κ1) is 38.9. The van der Waals surface area contributed by atoms with Crippen molar-refractivity contribution in [1.82, 2.24) is 9.47 Å². The fourth-order valence-electron chi connectivity index (χ4n) is 6.52. The number of carbonyl (C=O) groups is 1. The second kappa shape index (κ2) is 17.1. The van der Waals surface area contributed by atoms with E-state index in [-0.39, 0.29) is 16.8 Å². The molecule has 1 aliphatic rings. The maximum atomic E-state index is 11.6. The van der Waals surface area contributed by atoms with E-state index in [1.165, 1.54) is 52.0 Å². The molecule has 7 aromatic rings. The number of nitrogens with one attached hydrogen (secondary N) is 2. The molecule has 0 unspecified atom stereocenters. The molecular weight excluding hydrogens is 737 g/mol. The number of fused-ring (bicyclic) bond motifs is 4. The molecule has 2 heterocycles. The molecule has 4 N–H and O–H groups in total. The number of benzene rings is 6. The lowest BCUT2D eigenvalue weighted by Gasteiger charge is -2.24. The van der Waals surface area contributed by atoms with E-state index in [2.05, 4.69) is 81.7 Å². The molecule has 2 amide bonds. The number of urea groups is 1. The number of hydrogen-bond acceptors (Lipinski definition) is 6. The molecule has 0 saturated heterocycles. The van der Waals surface area contributed by atoms with Gasteiger partial charge in [-0.2, -0.15) is 16.8 Å². The van der Waals surface area contributed by atoms with Gasteiger partial charge in [-0.1, -0.05) is 109 Å². The predicted molar refractivity (Wildman–Crippen MR) is 217 cm³/mol. The van der Waals surface area contributed by atoms with Crippen LogP contribution in [-0.4, -0.2) is 55.0 Å². The summed E-state index contributed by atoms with van der Waals surface area (Å²) in [5.74, 6) is 0. The van der Waals surface area contributed by atoms with Crippen LogP contribution in [0.4, 0.5) is 16.2 Å². The zero-order valence-electron chi connectivity index (χ0n) is 29.9. The van der Waals surface area contributed by atoms with E-state index >= 15 is 0 Å². The molecule has 55 heavy (non-hydrogen) atoms. The second-order valence-corrected chi connectivity index (χ2v) is 15.7. The highest BCUT2D eigenvalue weighted by molar-refractivity contribution is 7.86. The topological polar surface area (TPSA) is 158 Å². The lowest BCUT2D eigenvalue weighted by Crippen LogP contribution is -2.27. The fourth-order valence-corrected chi connectivity index (χ4v) is 7.93. The van der Waals surface area contributed by atoms with Crippen LogP contribution in [0.2, 0.25) is 0 Å². The normalized spacial score (nSPS) is 12.8. The van der Waals surface area contributed by atoms with Crippen molar-refractivity contribution in [2.75, 3.05) is 24.2 Å². The van der Waals surface area contributed by atoms with Crippen LogP contribution in [0.5, 0.6) is 0 Å².